The predicted molar refractivity (Wildman–Crippen MR) is 252 cm³/mol. The Balaban J connectivity index is 1.17. The van der Waals surface area contributed by atoms with Gasteiger partial charge in [0.15, 0.2) is 0 Å². The number of nitrogens with one attached hydrogen (secondary N) is 6. The Hall–Kier alpha value is -5.31. The van der Waals surface area contributed by atoms with E-state index in [0.717, 1.165) is 49.7 Å². The van der Waals surface area contributed by atoms with E-state index in [4.69, 9.17) is 0 Å². The zero-order valence-electron chi connectivity index (χ0n) is 40.8. The standard InChI is InChI=1S/C51H74N8O7/c1-30(52-10)43(61)57-42(50(5,6)7)46(64)59-29-34(26-40(59)45(63)56-38-24-16-20-32-18-12-14-22-36(32)38)54-48(66)51(8,9)47(65)53-33-25-39(58(28-33)41(60)27-49(2,3)4)44(62)55-37-23-15-19-31-17-11-13-21-35(31)37/h11-14,17-18,21-22,30,33-34,37-40,42,52H,15-16,19-20,23-29H2,1-10H3,(H,53,65)(H,54,66)(H,55,62)(H,56,63)(H,57,61)/t30-,33-,34-,37+,38+,39-,40-,42+/m0/s1. The molecule has 0 unspecified atom stereocenters. The third-order valence-electron chi connectivity index (χ3n) is 13.9. The van der Waals surface area contributed by atoms with Gasteiger partial charge in [-0.05, 0) is 112 Å². The predicted octanol–water partition coefficient (Wildman–Crippen LogP) is 4.15. The molecule has 4 aliphatic rings. The molecule has 2 heterocycles. The molecular formula is C51H74N8O7. The number of aryl methyl sites for hydroxylation is 2. The molecule has 2 aliphatic carbocycles. The number of carbonyl (C=O) groups excluding carboxylic acids is 7. The van der Waals surface area contributed by atoms with Crippen LogP contribution in [0.4, 0.5) is 0 Å². The summed E-state index contributed by atoms with van der Waals surface area (Å²) < 4.78 is 0. The first-order valence-electron chi connectivity index (χ1n) is 23.9. The lowest BCUT2D eigenvalue weighted by Crippen LogP contribution is -2.59. The summed E-state index contributed by atoms with van der Waals surface area (Å²) in [5, 5.41) is 18.2. The van der Waals surface area contributed by atoms with E-state index in [1.807, 2.05) is 77.9 Å². The van der Waals surface area contributed by atoms with E-state index in [-0.39, 0.29) is 73.5 Å². The first-order chi connectivity index (χ1) is 31.0. The minimum atomic E-state index is -1.63. The van der Waals surface area contributed by atoms with Gasteiger partial charge in [0.25, 0.3) is 0 Å². The van der Waals surface area contributed by atoms with Gasteiger partial charge in [0, 0.05) is 31.6 Å². The number of benzene rings is 2. The Morgan fingerprint density at radius 2 is 1.11 bits per heavy atom. The van der Waals surface area contributed by atoms with Crippen molar-refractivity contribution in [1.29, 1.82) is 0 Å². The van der Waals surface area contributed by atoms with Crippen molar-refractivity contribution >= 4 is 41.4 Å². The Kier molecular flexibility index (Phi) is 15.4. The molecule has 0 saturated carbocycles. The number of fused-ring (bicyclic) bond motifs is 2. The lowest BCUT2D eigenvalue weighted by atomic mass is 9.85. The lowest BCUT2D eigenvalue weighted by molar-refractivity contribution is -0.144. The van der Waals surface area contributed by atoms with Crippen LogP contribution in [-0.2, 0) is 46.4 Å². The second kappa shape index (κ2) is 20.3. The summed E-state index contributed by atoms with van der Waals surface area (Å²) in [6.07, 6.45) is 5.67. The monoisotopic (exact) mass is 911 g/mol. The van der Waals surface area contributed by atoms with E-state index in [1.165, 1.54) is 29.9 Å². The molecule has 0 spiro atoms. The molecular weight excluding hydrogens is 837 g/mol. The number of rotatable bonds is 13. The second-order valence-electron chi connectivity index (χ2n) is 21.9. The van der Waals surface area contributed by atoms with Crippen LogP contribution in [0.3, 0.4) is 0 Å². The van der Waals surface area contributed by atoms with Crippen LogP contribution in [0.5, 0.6) is 0 Å². The summed E-state index contributed by atoms with van der Waals surface area (Å²) in [5.41, 5.74) is 1.78. The number of hydrogen-bond donors (Lipinski definition) is 6. The van der Waals surface area contributed by atoms with E-state index < -0.39 is 64.8 Å². The largest absolute Gasteiger partial charge is 0.351 e. The number of amides is 7. The molecule has 66 heavy (non-hydrogen) atoms. The molecule has 2 saturated heterocycles. The smallest absolute Gasteiger partial charge is 0.246 e. The van der Waals surface area contributed by atoms with Crippen molar-refractivity contribution in [3.05, 3.63) is 70.8 Å². The Labute approximate surface area is 391 Å². The van der Waals surface area contributed by atoms with Crippen molar-refractivity contribution in [2.45, 2.75) is 168 Å². The number of nitrogens with zero attached hydrogens (tertiary/aromatic N) is 2. The fraction of sp³-hybridized carbons (Fsp3) is 0.627. The van der Waals surface area contributed by atoms with Gasteiger partial charge in [0.1, 0.15) is 23.5 Å². The Bertz CT molecular complexity index is 2160. The highest BCUT2D eigenvalue weighted by atomic mass is 16.2. The molecule has 2 aliphatic heterocycles. The highest BCUT2D eigenvalue weighted by Crippen LogP contribution is 2.34. The van der Waals surface area contributed by atoms with Crippen LogP contribution in [0.15, 0.2) is 48.5 Å². The van der Waals surface area contributed by atoms with Crippen molar-refractivity contribution in [3.63, 3.8) is 0 Å². The number of likely N-dealkylation sites (tertiary alicyclic amines) is 2. The molecule has 0 aromatic heterocycles. The molecule has 6 rings (SSSR count). The van der Waals surface area contributed by atoms with Crippen molar-refractivity contribution in [2.75, 3.05) is 20.1 Å². The second-order valence-corrected chi connectivity index (χ2v) is 21.9. The molecule has 0 bridgehead atoms. The third kappa shape index (κ3) is 11.6. The van der Waals surface area contributed by atoms with Crippen LogP contribution in [0, 0.1) is 16.2 Å². The normalized spacial score (nSPS) is 24.0. The molecule has 7 amide bonds. The van der Waals surface area contributed by atoms with E-state index in [9.17, 15) is 33.6 Å². The van der Waals surface area contributed by atoms with E-state index >= 15 is 0 Å². The third-order valence-corrected chi connectivity index (χ3v) is 13.9. The zero-order valence-corrected chi connectivity index (χ0v) is 40.8. The summed E-state index contributed by atoms with van der Waals surface area (Å²) in [6, 6.07) is 11.0. The van der Waals surface area contributed by atoms with Gasteiger partial charge in [-0.25, -0.2) is 0 Å². The molecule has 2 fully saturated rings. The maximum absolute atomic E-state index is 14.6. The molecule has 6 N–H and O–H groups in total. The summed E-state index contributed by atoms with van der Waals surface area (Å²) in [7, 11) is 1.66. The fourth-order valence-electron chi connectivity index (χ4n) is 9.84. The van der Waals surface area contributed by atoms with Crippen LogP contribution in [0.2, 0.25) is 0 Å². The average Bonchev–Trinajstić information content (AvgIpc) is 3.89. The molecule has 2 aromatic rings. The minimum Gasteiger partial charge on any atom is -0.351 e. The van der Waals surface area contributed by atoms with Gasteiger partial charge in [0.2, 0.25) is 41.4 Å². The highest BCUT2D eigenvalue weighted by Gasteiger charge is 2.49. The first kappa shape index (κ1) is 50.1. The summed E-state index contributed by atoms with van der Waals surface area (Å²) in [4.78, 5) is 102. The van der Waals surface area contributed by atoms with E-state index in [0.29, 0.717) is 0 Å². The maximum Gasteiger partial charge on any atom is 0.246 e. The molecule has 15 nitrogen and oxygen atoms in total. The van der Waals surface area contributed by atoms with Crippen LogP contribution in [-0.4, -0.2) is 108 Å². The maximum atomic E-state index is 14.6. The lowest BCUT2D eigenvalue weighted by Gasteiger charge is -2.36. The molecule has 8 atom stereocenters. The summed E-state index contributed by atoms with van der Waals surface area (Å²) >= 11 is 0. The summed E-state index contributed by atoms with van der Waals surface area (Å²) in [5.74, 6) is -2.82. The van der Waals surface area contributed by atoms with Gasteiger partial charge in [-0.15, -0.1) is 0 Å². The molecule has 2 aromatic carbocycles. The summed E-state index contributed by atoms with van der Waals surface area (Å²) in [6.45, 7) is 16.2. The molecule has 15 heteroatoms. The van der Waals surface area contributed by atoms with Crippen molar-refractivity contribution in [2.24, 2.45) is 16.2 Å². The first-order valence-corrected chi connectivity index (χ1v) is 23.9. The van der Waals surface area contributed by atoms with Crippen molar-refractivity contribution < 1.29 is 33.6 Å². The van der Waals surface area contributed by atoms with Gasteiger partial charge in [-0.3, -0.25) is 33.6 Å². The highest BCUT2D eigenvalue weighted by molar-refractivity contribution is 6.04. The Morgan fingerprint density at radius 3 is 1.56 bits per heavy atom. The molecule has 0 radical (unpaired) electrons. The van der Waals surface area contributed by atoms with Gasteiger partial charge in [-0.1, -0.05) is 90.1 Å². The average molecular weight is 911 g/mol. The van der Waals surface area contributed by atoms with Crippen molar-refractivity contribution in [3.8, 4) is 0 Å². The van der Waals surface area contributed by atoms with Crippen LogP contribution >= 0.6 is 0 Å². The van der Waals surface area contributed by atoms with Gasteiger partial charge in [0.05, 0.1) is 18.1 Å². The van der Waals surface area contributed by atoms with Gasteiger partial charge in [-0.2, -0.15) is 0 Å². The van der Waals surface area contributed by atoms with Gasteiger partial charge >= 0.3 is 0 Å². The number of carbonyl (C=O) groups is 7. The molecule has 360 valence electrons. The SMILES string of the molecule is CN[C@@H](C)C(=O)N[C@H](C(=O)N1C[C@@H](NC(=O)C(C)(C)C(=O)N[C@H]2C[C@@H](C(=O)N[C@@H]3CCCc4ccccc43)N(C(=O)CC(C)(C)C)C2)C[C@H]1C(=O)N[C@@H]1CCCc2ccccc21)C(C)(C)C. The topological polar surface area (TPSA) is 198 Å². The van der Waals surface area contributed by atoms with E-state index in [2.05, 4.69) is 44.0 Å². The Morgan fingerprint density at radius 1 is 0.652 bits per heavy atom. The quantitative estimate of drug-likeness (QED) is 0.161. The minimum absolute atomic E-state index is 0.0264. The number of hydrogen-bond acceptors (Lipinski definition) is 8. The van der Waals surface area contributed by atoms with Crippen molar-refractivity contribution in [1.82, 2.24) is 41.7 Å². The zero-order chi connectivity index (χ0) is 48.3. The van der Waals surface area contributed by atoms with Crippen LogP contribution < -0.4 is 31.9 Å². The number of likely N-dealkylation sites (N-methyl/N-ethyl adjacent to an activating group) is 1. The van der Waals surface area contributed by atoms with Gasteiger partial charge < -0.3 is 41.7 Å². The van der Waals surface area contributed by atoms with E-state index in [1.54, 1.807) is 18.9 Å². The van der Waals surface area contributed by atoms with Crippen LogP contribution in [0.1, 0.15) is 142 Å². The van der Waals surface area contributed by atoms with Crippen LogP contribution in [0.25, 0.3) is 0 Å². The fourth-order valence-corrected chi connectivity index (χ4v) is 9.84.